The van der Waals surface area contributed by atoms with Crippen LogP contribution in [0.2, 0.25) is 0 Å². The molecule has 1 aromatic heterocycles. The van der Waals surface area contributed by atoms with Crippen molar-refractivity contribution in [1.29, 1.82) is 0 Å². The highest BCUT2D eigenvalue weighted by atomic mass is 32.1. The molecule has 1 fully saturated rings. The molecule has 0 amide bonds. The Morgan fingerprint density at radius 1 is 1.65 bits per heavy atom. The summed E-state index contributed by atoms with van der Waals surface area (Å²) in [4.78, 5) is 15.3. The second-order valence-electron chi connectivity index (χ2n) is 4.44. The maximum absolute atomic E-state index is 11.0. The van der Waals surface area contributed by atoms with E-state index < -0.39 is 5.97 Å². The Bertz CT molecular complexity index is 390. The van der Waals surface area contributed by atoms with Crippen molar-refractivity contribution in [3.8, 4) is 0 Å². The van der Waals surface area contributed by atoms with E-state index in [2.05, 4.69) is 14.7 Å². The molecule has 1 heterocycles. The zero-order valence-corrected chi connectivity index (χ0v) is 10.7. The van der Waals surface area contributed by atoms with Gasteiger partial charge in [-0.25, -0.2) is 4.98 Å². The summed E-state index contributed by atoms with van der Waals surface area (Å²) in [6.45, 7) is 2.43. The lowest BCUT2D eigenvalue weighted by Crippen LogP contribution is -2.22. The molecule has 6 heteroatoms. The number of anilines is 1. The summed E-state index contributed by atoms with van der Waals surface area (Å²) in [6, 6.07) is 0. The van der Waals surface area contributed by atoms with E-state index in [9.17, 15) is 4.79 Å². The minimum Gasteiger partial charge on any atom is -0.481 e. The predicted octanol–water partition coefficient (Wildman–Crippen LogP) is 2.33. The highest BCUT2D eigenvalue weighted by Crippen LogP contribution is 2.39. The van der Waals surface area contributed by atoms with Crippen molar-refractivity contribution in [2.45, 2.75) is 38.5 Å². The van der Waals surface area contributed by atoms with Crippen LogP contribution < -0.4 is 5.32 Å². The van der Waals surface area contributed by atoms with E-state index in [1.807, 2.05) is 6.92 Å². The molecular weight excluding hydrogens is 238 g/mol. The third kappa shape index (κ3) is 3.39. The summed E-state index contributed by atoms with van der Waals surface area (Å²) in [5, 5.41) is 12.8. The molecule has 1 aliphatic carbocycles. The van der Waals surface area contributed by atoms with Gasteiger partial charge < -0.3 is 10.4 Å². The molecule has 0 radical (unpaired) electrons. The van der Waals surface area contributed by atoms with Crippen LogP contribution in [0.25, 0.3) is 0 Å². The van der Waals surface area contributed by atoms with E-state index in [0.29, 0.717) is 18.9 Å². The lowest BCUT2D eigenvalue weighted by molar-refractivity contribution is -0.141. The first-order valence-corrected chi connectivity index (χ1v) is 6.78. The van der Waals surface area contributed by atoms with Gasteiger partial charge >= 0.3 is 5.97 Å². The third-order valence-electron chi connectivity index (χ3n) is 2.87. The summed E-state index contributed by atoms with van der Waals surface area (Å²) >= 11 is 1.32. The highest BCUT2D eigenvalue weighted by molar-refractivity contribution is 7.09. The lowest BCUT2D eigenvalue weighted by Gasteiger charge is -2.10. The Hall–Kier alpha value is -1.17. The molecule has 1 saturated carbocycles. The van der Waals surface area contributed by atoms with E-state index in [0.717, 1.165) is 17.4 Å². The van der Waals surface area contributed by atoms with Crippen LogP contribution in [0, 0.1) is 5.92 Å². The van der Waals surface area contributed by atoms with E-state index in [-0.39, 0.29) is 5.92 Å². The average molecular weight is 255 g/mol. The number of hydrogen-bond donors (Lipinski definition) is 2. The number of aliphatic carboxylic acids is 1. The molecule has 2 N–H and O–H groups in total. The molecule has 17 heavy (non-hydrogen) atoms. The maximum atomic E-state index is 11.0. The molecule has 0 saturated heterocycles. The van der Waals surface area contributed by atoms with Gasteiger partial charge in [0.1, 0.15) is 5.82 Å². The molecule has 2 rings (SSSR count). The fraction of sp³-hybridized carbons (Fsp3) is 0.727. The van der Waals surface area contributed by atoms with Gasteiger partial charge in [-0.05, 0) is 19.3 Å². The van der Waals surface area contributed by atoms with Gasteiger partial charge in [0.2, 0.25) is 5.13 Å². The molecule has 0 aromatic carbocycles. The Balaban J connectivity index is 1.84. The molecule has 1 aromatic rings. The molecule has 0 spiro atoms. The minimum atomic E-state index is -0.744. The van der Waals surface area contributed by atoms with Gasteiger partial charge in [0.15, 0.2) is 0 Å². The number of rotatable bonds is 7. The number of carboxylic acids is 1. The van der Waals surface area contributed by atoms with Gasteiger partial charge in [0, 0.05) is 24.0 Å². The summed E-state index contributed by atoms with van der Waals surface area (Å²) in [7, 11) is 0. The van der Waals surface area contributed by atoms with Crippen molar-refractivity contribution >= 4 is 22.6 Å². The maximum Gasteiger partial charge on any atom is 0.308 e. The van der Waals surface area contributed by atoms with E-state index in [1.54, 1.807) is 0 Å². The second kappa shape index (κ2) is 5.44. The van der Waals surface area contributed by atoms with Crippen molar-refractivity contribution in [3.63, 3.8) is 0 Å². The first-order chi connectivity index (χ1) is 8.20. The van der Waals surface area contributed by atoms with Crippen LogP contribution in [0.15, 0.2) is 0 Å². The third-order valence-corrected chi connectivity index (χ3v) is 3.56. The number of nitrogens with zero attached hydrogens (tertiary/aromatic N) is 2. The normalized spacial score (nSPS) is 16.8. The lowest BCUT2D eigenvalue weighted by atomic mass is 10.0. The van der Waals surface area contributed by atoms with Gasteiger partial charge in [-0.2, -0.15) is 4.37 Å². The number of carboxylic acid groups (broad SMARTS) is 1. The SMILES string of the molecule is CCCC(CNc1nc(C2CC2)ns1)C(=O)O. The molecule has 1 atom stereocenters. The standard InChI is InChI=1S/C11H17N3O2S/c1-2-3-8(10(15)16)6-12-11-13-9(14-17-11)7-4-5-7/h7-8H,2-6H2,1H3,(H,15,16)(H,12,13,14). The fourth-order valence-electron chi connectivity index (χ4n) is 1.69. The number of carbonyl (C=O) groups is 1. The van der Waals surface area contributed by atoms with Gasteiger partial charge in [0.05, 0.1) is 5.92 Å². The first-order valence-electron chi connectivity index (χ1n) is 6.01. The van der Waals surface area contributed by atoms with Crippen LogP contribution in [0.4, 0.5) is 5.13 Å². The molecule has 1 aliphatic rings. The van der Waals surface area contributed by atoms with Gasteiger partial charge in [-0.1, -0.05) is 13.3 Å². The molecule has 0 bridgehead atoms. The van der Waals surface area contributed by atoms with Crippen LogP contribution in [-0.4, -0.2) is 27.0 Å². The predicted molar refractivity (Wildman–Crippen MR) is 66.4 cm³/mol. The smallest absolute Gasteiger partial charge is 0.308 e. The Labute approximate surface area is 104 Å². The molecule has 0 aliphatic heterocycles. The molecule has 94 valence electrons. The Kier molecular flexibility index (Phi) is 3.93. The molecule has 5 nitrogen and oxygen atoms in total. The number of nitrogens with one attached hydrogen (secondary N) is 1. The van der Waals surface area contributed by atoms with E-state index in [4.69, 9.17) is 5.11 Å². The van der Waals surface area contributed by atoms with Crippen molar-refractivity contribution in [3.05, 3.63) is 5.82 Å². The summed E-state index contributed by atoms with van der Waals surface area (Å²) in [6.07, 6.45) is 3.94. The van der Waals surface area contributed by atoms with Gasteiger partial charge in [-0.3, -0.25) is 4.79 Å². The summed E-state index contributed by atoms with van der Waals surface area (Å²) in [5.74, 6) is 0.382. The monoisotopic (exact) mass is 255 g/mol. The van der Waals surface area contributed by atoms with Gasteiger partial charge in [0.25, 0.3) is 0 Å². The zero-order valence-electron chi connectivity index (χ0n) is 9.85. The van der Waals surface area contributed by atoms with Crippen LogP contribution in [0.5, 0.6) is 0 Å². The fourth-order valence-corrected chi connectivity index (χ4v) is 2.34. The second-order valence-corrected chi connectivity index (χ2v) is 5.19. The summed E-state index contributed by atoms with van der Waals surface area (Å²) < 4.78 is 4.27. The zero-order chi connectivity index (χ0) is 12.3. The Morgan fingerprint density at radius 3 is 3.00 bits per heavy atom. The molecular formula is C11H17N3O2S. The quantitative estimate of drug-likeness (QED) is 0.782. The van der Waals surface area contributed by atoms with Crippen LogP contribution in [-0.2, 0) is 4.79 Å². The van der Waals surface area contributed by atoms with E-state index >= 15 is 0 Å². The van der Waals surface area contributed by atoms with Crippen molar-refractivity contribution < 1.29 is 9.90 Å². The van der Waals surface area contributed by atoms with E-state index in [1.165, 1.54) is 24.4 Å². The number of hydrogen-bond acceptors (Lipinski definition) is 5. The largest absolute Gasteiger partial charge is 0.481 e. The highest BCUT2D eigenvalue weighted by Gasteiger charge is 2.28. The molecule has 1 unspecified atom stereocenters. The first kappa shape index (κ1) is 12.3. The minimum absolute atomic E-state index is 0.340. The van der Waals surface area contributed by atoms with Crippen molar-refractivity contribution in [2.24, 2.45) is 5.92 Å². The topological polar surface area (TPSA) is 75.1 Å². The Morgan fingerprint density at radius 2 is 2.41 bits per heavy atom. The van der Waals surface area contributed by atoms with Crippen molar-refractivity contribution in [2.75, 3.05) is 11.9 Å². The summed E-state index contributed by atoms with van der Waals surface area (Å²) in [5.41, 5.74) is 0. The average Bonchev–Trinajstić information content (AvgIpc) is 3.04. The van der Waals surface area contributed by atoms with Gasteiger partial charge in [-0.15, -0.1) is 0 Å². The number of aromatic nitrogens is 2. The van der Waals surface area contributed by atoms with Crippen LogP contribution in [0.1, 0.15) is 44.3 Å². The van der Waals surface area contributed by atoms with Crippen LogP contribution in [0.3, 0.4) is 0 Å². The van der Waals surface area contributed by atoms with Crippen LogP contribution >= 0.6 is 11.5 Å². The van der Waals surface area contributed by atoms with Crippen molar-refractivity contribution in [1.82, 2.24) is 9.36 Å².